The molecule has 0 radical (unpaired) electrons. The Hall–Kier alpha value is -1.35. The SMILES string of the molecule is COc1ccc(C(=O)CN)cc1C(C)C. The Kier molecular flexibility index (Phi) is 3.86. The van der Waals surface area contributed by atoms with Crippen molar-refractivity contribution in [1.29, 1.82) is 0 Å². The van der Waals surface area contributed by atoms with Gasteiger partial charge < -0.3 is 10.5 Å². The molecular weight excluding hydrogens is 190 g/mol. The number of carbonyl (C=O) groups excluding carboxylic acids is 1. The highest BCUT2D eigenvalue weighted by atomic mass is 16.5. The number of Topliss-reactive ketones (excluding diaryl/α,β-unsaturated/α-hetero) is 1. The predicted octanol–water partition coefficient (Wildman–Crippen LogP) is 1.96. The van der Waals surface area contributed by atoms with E-state index in [1.807, 2.05) is 12.1 Å². The number of methoxy groups -OCH3 is 1. The van der Waals surface area contributed by atoms with Gasteiger partial charge in [-0.15, -0.1) is 0 Å². The van der Waals surface area contributed by atoms with Crippen molar-refractivity contribution in [3.63, 3.8) is 0 Å². The van der Waals surface area contributed by atoms with Crippen LogP contribution in [0.15, 0.2) is 18.2 Å². The summed E-state index contributed by atoms with van der Waals surface area (Å²) in [5, 5.41) is 0. The Bertz CT molecular complexity index is 359. The number of hydrogen-bond donors (Lipinski definition) is 1. The summed E-state index contributed by atoms with van der Waals surface area (Å²) in [6.45, 7) is 4.17. The van der Waals surface area contributed by atoms with Gasteiger partial charge in [0.2, 0.25) is 0 Å². The van der Waals surface area contributed by atoms with Crippen LogP contribution in [0.3, 0.4) is 0 Å². The summed E-state index contributed by atoms with van der Waals surface area (Å²) in [5.74, 6) is 1.10. The van der Waals surface area contributed by atoms with Gasteiger partial charge in [0.1, 0.15) is 5.75 Å². The van der Waals surface area contributed by atoms with Crippen molar-refractivity contribution < 1.29 is 9.53 Å². The molecule has 3 nitrogen and oxygen atoms in total. The Morgan fingerprint density at radius 2 is 2.13 bits per heavy atom. The number of rotatable bonds is 4. The van der Waals surface area contributed by atoms with Gasteiger partial charge in [-0.2, -0.15) is 0 Å². The highest BCUT2D eigenvalue weighted by molar-refractivity contribution is 5.97. The molecular formula is C12H17NO2. The van der Waals surface area contributed by atoms with E-state index in [2.05, 4.69) is 13.8 Å². The van der Waals surface area contributed by atoms with Crippen LogP contribution in [0.1, 0.15) is 35.7 Å². The molecule has 0 aliphatic carbocycles. The lowest BCUT2D eigenvalue weighted by Gasteiger charge is -2.12. The molecule has 3 heteroatoms. The lowest BCUT2D eigenvalue weighted by Crippen LogP contribution is -2.14. The highest BCUT2D eigenvalue weighted by Crippen LogP contribution is 2.27. The first-order valence-corrected chi connectivity index (χ1v) is 5.01. The molecule has 0 aliphatic rings. The fraction of sp³-hybridized carbons (Fsp3) is 0.417. The first kappa shape index (κ1) is 11.7. The van der Waals surface area contributed by atoms with Crippen molar-refractivity contribution in [1.82, 2.24) is 0 Å². The molecule has 82 valence electrons. The van der Waals surface area contributed by atoms with E-state index in [1.165, 1.54) is 0 Å². The molecule has 15 heavy (non-hydrogen) atoms. The minimum Gasteiger partial charge on any atom is -0.496 e. The second-order valence-corrected chi connectivity index (χ2v) is 3.74. The molecule has 0 saturated carbocycles. The maximum Gasteiger partial charge on any atom is 0.176 e. The summed E-state index contributed by atoms with van der Waals surface area (Å²) in [7, 11) is 1.63. The van der Waals surface area contributed by atoms with Gasteiger partial charge in [-0.3, -0.25) is 4.79 Å². The van der Waals surface area contributed by atoms with Crippen molar-refractivity contribution >= 4 is 5.78 Å². The maximum absolute atomic E-state index is 11.4. The van der Waals surface area contributed by atoms with Crippen LogP contribution in [-0.4, -0.2) is 19.4 Å². The highest BCUT2D eigenvalue weighted by Gasteiger charge is 2.11. The molecule has 0 spiro atoms. The quantitative estimate of drug-likeness (QED) is 0.768. The Balaban J connectivity index is 3.16. The lowest BCUT2D eigenvalue weighted by molar-refractivity contribution is 0.100. The van der Waals surface area contributed by atoms with Crippen molar-refractivity contribution in [2.45, 2.75) is 19.8 Å². The second-order valence-electron chi connectivity index (χ2n) is 3.74. The van der Waals surface area contributed by atoms with Crippen LogP contribution in [0.25, 0.3) is 0 Å². The van der Waals surface area contributed by atoms with Gasteiger partial charge in [0.25, 0.3) is 0 Å². The van der Waals surface area contributed by atoms with E-state index in [0.29, 0.717) is 11.5 Å². The van der Waals surface area contributed by atoms with E-state index in [0.717, 1.165) is 11.3 Å². The Labute approximate surface area is 90.2 Å². The summed E-state index contributed by atoms with van der Waals surface area (Å²) in [5.41, 5.74) is 7.01. The molecule has 0 aliphatic heterocycles. The monoisotopic (exact) mass is 207 g/mol. The summed E-state index contributed by atoms with van der Waals surface area (Å²) < 4.78 is 5.23. The summed E-state index contributed by atoms with van der Waals surface area (Å²) in [6, 6.07) is 5.43. The normalized spacial score (nSPS) is 10.5. The van der Waals surface area contributed by atoms with Crippen LogP contribution in [0.2, 0.25) is 0 Å². The van der Waals surface area contributed by atoms with Crippen LogP contribution in [0.4, 0.5) is 0 Å². The fourth-order valence-electron chi connectivity index (χ4n) is 1.48. The third-order valence-corrected chi connectivity index (χ3v) is 2.36. The van der Waals surface area contributed by atoms with Crippen LogP contribution in [0.5, 0.6) is 5.75 Å². The van der Waals surface area contributed by atoms with Crippen LogP contribution in [-0.2, 0) is 0 Å². The zero-order valence-electron chi connectivity index (χ0n) is 9.41. The molecule has 1 rings (SSSR count). The third kappa shape index (κ3) is 2.57. The van der Waals surface area contributed by atoms with Crippen LogP contribution < -0.4 is 10.5 Å². The van der Waals surface area contributed by atoms with Gasteiger partial charge in [0.15, 0.2) is 5.78 Å². The van der Waals surface area contributed by atoms with E-state index in [1.54, 1.807) is 13.2 Å². The minimum atomic E-state index is -0.0421. The van der Waals surface area contributed by atoms with Crippen LogP contribution >= 0.6 is 0 Å². The largest absolute Gasteiger partial charge is 0.496 e. The molecule has 0 unspecified atom stereocenters. The molecule has 0 atom stereocenters. The minimum absolute atomic E-state index is 0.0421. The number of hydrogen-bond acceptors (Lipinski definition) is 3. The van der Waals surface area contributed by atoms with Gasteiger partial charge in [-0.05, 0) is 29.7 Å². The third-order valence-electron chi connectivity index (χ3n) is 2.36. The van der Waals surface area contributed by atoms with Crippen molar-refractivity contribution in [3.8, 4) is 5.75 Å². The summed E-state index contributed by atoms with van der Waals surface area (Å²) in [6.07, 6.45) is 0. The zero-order valence-corrected chi connectivity index (χ0v) is 9.41. The van der Waals surface area contributed by atoms with Gasteiger partial charge in [-0.1, -0.05) is 13.8 Å². The van der Waals surface area contributed by atoms with Gasteiger partial charge in [-0.25, -0.2) is 0 Å². The van der Waals surface area contributed by atoms with E-state index in [9.17, 15) is 4.79 Å². The molecule has 0 bridgehead atoms. The number of benzene rings is 1. The van der Waals surface area contributed by atoms with E-state index in [-0.39, 0.29) is 12.3 Å². The van der Waals surface area contributed by atoms with Crippen molar-refractivity contribution in [3.05, 3.63) is 29.3 Å². The summed E-state index contributed by atoms with van der Waals surface area (Å²) in [4.78, 5) is 11.4. The molecule has 0 aromatic heterocycles. The topological polar surface area (TPSA) is 52.3 Å². The molecule has 1 aromatic rings. The number of carbonyl (C=O) groups is 1. The molecule has 0 heterocycles. The average molecular weight is 207 g/mol. The van der Waals surface area contributed by atoms with Crippen molar-refractivity contribution in [2.24, 2.45) is 5.73 Å². The molecule has 0 amide bonds. The Morgan fingerprint density at radius 1 is 1.47 bits per heavy atom. The second kappa shape index (κ2) is 4.94. The van der Waals surface area contributed by atoms with Gasteiger partial charge >= 0.3 is 0 Å². The number of ether oxygens (including phenoxy) is 1. The van der Waals surface area contributed by atoms with E-state index >= 15 is 0 Å². The smallest absolute Gasteiger partial charge is 0.176 e. The molecule has 0 fully saturated rings. The number of ketones is 1. The Morgan fingerprint density at radius 3 is 2.60 bits per heavy atom. The van der Waals surface area contributed by atoms with E-state index < -0.39 is 0 Å². The zero-order chi connectivity index (χ0) is 11.4. The van der Waals surface area contributed by atoms with E-state index in [4.69, 9.17) is 10.5 Å². The number of nitrogens with two attached hydrogens (primary N) is 1. The fourth-order valence-corrected chi connectivity index (χ4v) is 1.48. The molecule has 2 N–H and O–H groups in total. The lowest BCUT2D eigenvalue weighted by atomic mass is 9.98. The summed E-state index contributed by atoms with van der Waals surface area (Å²) >= 11 is 0. The first-order chi connectivity index (χ1) is 7.10. The van der Waals surface area contributed by atoms with Crippen molar-refractivity contribution in [2.75, 3.05) is 13.7 Å². The maximum atomic E-state index is 11.4. The predicted molar refractivity (Wildman–Crippen MR) is 60.5 cm³/mol. The van der Waals surface area contributed by atoms with Gasteiger partial charge in [0, 0.05) is 5.56 Å². The molecule has 1 aromatic carbocycles. The van der Waals surface area contributed by atoms with Gasteiger partial charge in [0.05, 0.1) is 13.7 Å². The van der Waals surface area contributed by atoms with Crippen LogP contribution in [0, 0.1) is 0 Å². The first-order valence-electron chi connectivity index (χ1n) is 5.01. The average Bonchev–Trinajstić information content (AvgIpc) is 2.27. The standard InChI is InChI=1S/C12H17NO2/c1-8(2)10-6-9(11(14)7-13)4-5-12(10)15-3/h4-6,8H,7,13H2,1-3H3. The molecule has 0 saturated heterocycles.